The summed E-state index contributed by atoms with van der Waals surface area (Å²) in [5.41, 5.74) is 0.965. The van der Waals surface area contributed by atoms with Crippen LogP contribution in [0.1, 0.15) is 16.3 Å². The van der Waals surface area contributed by atoms with Crippen molar-refractivity contribution in [3.8, 4) is 5.75 Å². The molecule has 27 heavy (non-hydrogen) atoms. The Morgan fingerprint density at radius 2 is 1.81 bits per heavy atom. The molecule has 138 valence electrons. The number of nitrogens with one attached hydrogen (secondary N) is 2. The standard InChI is InChI=1S/C19H16F2N4O2/c1-11-22-17(19(26)25-12-4-3-5-14(8-12)27-2)10-18(23-11)24-13-6-7-15(20)16(21)9-13/h3-10H,1-2H3,(H,25,26)(H,22,23,24). The predicted octanol–water partition coefficient (Wildman–Crippen LogP) is 4.07. The molecule has 0 saturated carbocycles. The number of hydrogen-bond acceptors (Lipinski definition) is 5. The summed E-state index contributed by atoms with van der Waals surface area (Å²) in [6.45, 7) is 1.62. The zero-order valence-corrected chi connectivity index (χ0v) is 14.6. The molecule has 0 fully saturated rings. The van der Waals surface area contributed by atoms with E-state index in [1.807, 2.05) is 0 Å². The summed E-state index contributed by atoms with van der Waals surface area (Å²) >= 11 is 0. The molecule has 1 amide bonds. The molecule has 0 aliphatic rings. The Kier molecular flexibility index (Phi) is 5.25. The summed E-state index contributed by atoms with van der Waals surface area (Å²) in [6.07, 6.45) is 0. The fourth-order valence-electron chi connectivity index (χ4n) is 2.37. The second-order valence-corrected chi connectivity index (χ2v) is 5.63. The van der Waals surface area contributed by atoms with E-state index >= 15 is 0 Å². The van der Waals surface area contributed by atoms with Gasteiger partial charge in [0.05, 0.1) is 7.11 Å². The highest BCUT2D eigenvalue weighted by Crippen LogP contribution is 2.20. The molecule has 0 spiro atoms. The third-order valence-corrected chi connectivity index (χ3v) is 3.59. The van der Waals surface area contributed by atoms with E-state index < -0.39 is 17.5 Å². The number of methoxy groups -OCH3 is 1. The van der Waals surface area contributed by atoms with Crippen molar-refractivity contribution in [3.05, 3.63) is 71.7 Å². The average molecular weight is 370 g/mol. The minimum absolute atomic E-state index is 0.121. The predicted molar refractivity (Wildman–Crippen MR) is 97.4 cm³/mol. The number of ether oxygens (including phenoxy) is 1. The molecular formula is C19H16F2N4O2. The van der Waals surface area contributed by atoms with Crippen LogP contribution in [0, 0.1) is 18.6 Å². The monoisotopic (exact) mass is 370 g/mol. The largest absolute Gasteiger partial charge is 0.497 e. The molecule has 2 aromatic carbocycles. The zero-order chi connectivity index (χ0) is 19.4. The van der Waals surface area contributed by atoms with Gasteiger partial charge in [0.2, 0.25) is 0 Å². The first kappa shape index (κ1) is 18.2. The van der Waals surface area contributed by atoms with Gasteiger partial charge in [-0.1, -0.05) is 6.07 Å². The molecule has 0 atom stereocenters. The molecule has 6 nitrogen and oxygen atoms in total. The number of anilines is 3. The number of carbonyl (C=O) groups excluding carboxylic acids is 1. The smallest absolute Gasteiger partial charge is 0.274 e. The molecule has 1 aromatic heterocycles. The van der Waals surface area contributed by atoms with Gasteiger partial charge in [0, 0.05) is 29.6 Å². The van der Waals surface area contributed by atoms with Crippen LogP contribution in [0.25, 0.3) is 0 Å². The number of aryl methyl sites for hydroxylation is 1. The van der Waals surface area contributed by atoms with Crippen molar-refractivity contribution in [1.29, 1.82) is 0 Å². The minimum atomic E-state index is -0.984. The van der Waals surface area contributed by atoms with Gasteiger partial charge in [0.15, 0.2) is 11.6 Å². The summed E-state index contributed by atoms with van der Waals surface area (Å²) < 4.78 is 31.5. The highest BCUT2D eigenvalue weighted by molar-refractivity contribution is 6.03. The fraction of sp³-hybridized carbons (Fsp3) is 0.105. The van der Waals surface area contributed by atoms with Crippen molar-refractivity contribution in [2.75, 3.05) is 17.7 Å². The molecule has 1 heterocycles. The van der Waals surface area contributed by atoms with Gasteiger partial charge in [-0.2, -0.15) is 0 Å². The van der Waals surface area contributed by atoms with E-state index in [1.54, 1.807) is 31.2 Å². The van der Waals surface area contributed by atoms with Crippen LogP contribution in [0.4, 0.5) is 26.0 Å². The van der Waals surface area contributed by atoms with E-state index in [1.165, 1.54) is 19.2 Å². The molecule has 0 unspecified atom stereocenters. The lowest BCUT2D eigenvalue weighted by Crippen LogP contribution is -2.15. The minimum Gasteiger partial charge on any atom is -0.497 e. The number of halogens is 2. The van der Waals surface area contributed by atoms with E-state index in [0.717, 1.165) is 12.1 Å². The first-order valence-electron chi connectivity index (χ1n) is 7.98. The van der Waals surface area contributed by atoms with E-state index in [4.69, 9.17) is 4.74 Å². The van der Waals surface area contributed by atoms with Crippen molar-refractivity contribution in [1.82, 2.24) is 9.97 Å². The maximum atomic E-state index is 13.4. The van der Waals surface area contributed by atoms with Gasteiger partial charge in [-0.3, -0.25) is 4.79 Å². The third kappa shape index (κ3) is 4.55. The molecule has 0 bridgehead atoms. The number of rotatable bonds is 5. The van der Waals surface area contributed by atoms with Gasteiger partial charge in [0.1, 0.15) is 23.1 Å². The topological polar surface area (TPSA) is 76.1 Å². The van der Waals surface area contributed by atoms with Gasteiger partial charge in [-0.25, -0.2) is 18.7 Å². The van der Waals surface area contributed by atoms with Crippen LogP contribution >= 0.6 is 0 Å². The van der Waals surface area contributed by atoms with E-state index in [9.17, 15) is 13.6 Å². The second kappa shape index (κ2) is 7.77. The SMILES string of the molecule is COc1cccc(NC(=O)c2cc(Nc3ccc(F)c(F)c3)nc(C)n2)c1. The van der Waals surface area contributed by atoms with Crippen molar-refractivity contribution in [2.45, 2.75) is 6.92 Å². The number of nitrogens with zero attached hydrogens (tertiary/aromatic N) is 2. The van der Waals surface area contributed by atoms with Crippen LogP contribution in [0.15, 0.2) is 48.5 Å². The van der Waals surface area contributed by atoms with Crippen LogP contribution in [0.2, 0.25) is 0 Å². The van der Waals surface area contributed by atoms with Crippen LogP contribution < -0.4 is 15.4 Å². The van der Waals surface area contributed by atoms with E-state index in [2.05, 4.69) is 20.6 Å². The first-order valence-corrected chi connectivity index (χ1v) is 7.98. The van der Waals surface area contributed by atoms with Gasteiger partial charge in [-0.05, 0) is 31.2 Å². The number of benzene rings is 2. The normalized spacial score (nSPS) is 10.4. The Hall–Kier alpha value is -3.55. The number of carbonyl (C=O) groups is 1. The Morgan fingerprint density at radius 1 is 1.00 bits per heavy atom. The summed E-state index contributed by atoms with van der Waals surface area (Å²) in [5, 5.41) is 5.55. The maximum Gasteiger partial charge on any atom is 0.274 e. The summed E-state index contributed by atoms with van der Waals surface area (Å²) in [7, 11) is 1.53. The fourth-order valence-corrected chi connectivity index (χ4v) is 2.37. The van der Waals surface area contributed by atoms with Gasteiger partial charge < -0.3 is 15.4 Å². The average Bonchev–Trinajstić information content (AvgIpc) is 2.64. The number of hydrogen-bond donors (Lipinski definition) is 2. The Balaban J connectivity index is 1.81. The van der Waals surface area contributed by atoms with E-state index in [-0.39, 0.29) is 11.5 Å². The molecule has 0 radical (unpaired) electrons. The van der Waals surface area contributed by atoms with Gasteiger partial charge >= 0.3 is 0 Å². The Bertz CT molecular complexity index is 995. The van der Waals surface area contributed by atoms with Crippen molar-refractivity contribution < 1.29 is 18.3 Å². The second-order valence-electron chi connectivity index (χ2n) is 5.63. The van der Waals surface area contributed by atoms with Crippen molar-refractivity contribution >= 4 is 23.1 Å². The maximum absolute atomic E-state index is 13.4. The quantitative estimate of drug-likeness (QED) is 0.708. The summed E-state index contributed by atoms with van der Waals surface area (Å²) in [6, 6.07) is 11.7. The molecule has 8 heteroatoms. The lowest BCUT2D eigenvalue weighted by molar-refractivity contribution is 0.102. The first-order chi connectivity index (χ1) is 12.9. The molecular weight excluding hydrogens is 354 g/mol. The Morgan fingerprint density at radius 3 is 2.56 bits per heavy atom. The molecule has 3 aromatic rings. The lowest BCUT2D eigenvalue weighted by Gasteiger charge is -2.10. The van der Waals surface area contributed by atoms with Crippen LogP contribution in [0.3, 0.4) is 0 Å². The lowest BCUT2D eigenvalue weighted by atomic mass is 10.2. The summed E-state index contributed by atoms with van der Waals surface area (Å²) in [5.74, 6) is -1.14. The van der Waals surface area contributed by atoms with Gasteiger partial charge in [-0.15, -0.1) is 0 Å². The van der Waals surface area contributed by atoms with Crippen LogP contribution in [-0.4, -0.2) is 23.0 Å². The third-order valence-electron chi connectivity index (χ3n) is 3.59. The number of amides is 1. The molecule has 0 aliphatic heterocycles. The molecule has 2 N–H and O–H groups in total. The van der Waals surface area contributed by atoms with Gasteiger partial charge in [0.25, 0.3) is 5.91 Å². The zero-order valence-electron chi connectivity index (χ0n) is 14.6. The molecule has 0 saturated heterocycles. The highest BCUT2D eigenvalue weighted by Gasteiger charge is 2.12. The van der Waals surface area contributed by atoms with Crippen LogP contribution in [-0.2, 0) is 0 Å². The summed E-state index contributed by atoms with van der Waals surface area (Å²) in [4.78, 5) is 20.8. The van der Waals surface area contributed by atoms with Crippen LogP contribution in [0.5, 0.6) is 5.75 Å². The van der Waals surface area contributed by atoms with E-state index in [0.29, 0.717) is 22.9 Å². The van der Waals surface area contributed by atoms with Crippen molar-refractivity contribution in [3.63, 3.8) is 0 Å². The van der Waals surface area contributed by atoms with Crippen molar-refractivity contribution in [2.24, 2.45) is 0 Å². The molecule has 3 rings (SSSR count). The highest BCUT2D eigenvalue weighted by atomic mass is 19.2. The Labute approximate surface area is 154 Å². The molecule has 0 aliphatic carbocycles. The number of aromatic nitrogens is 2.